The summed E-state index contributed by atoms with van der Waals surface area (Å²) in [6.45, 7) is 4.38. The largest absolute Gasteiger partial charge is 0.460 e. The maximum Gasteiger partial charge on any atom is 0.375 e. The normalized spacial score (nSPS) is 20.7. The molecule has 2 atom stereocenters. The van der Waals surface area contributed by atoms with Crippen LogP contribution in [0, 0.1) is 0 Å². The number of cyclic esters (lactones) is 1. The van der Waals surface area contributed by atoms with Gasteiger partial charge in [-0.3, -0.25) is 0 Å². The summed E-state index contributed by atoms with van der Waals surface area (Å²) in [7, 11) is 0. The van der Waals surface area contributed by atoms with Gasteiger partial charge in [-0.1, -0.05) is 18.2 Å². The molecule has 2 heterocycles. The summed E-state index contributed by atoms with van der Waals surface area (Å²) < 4.78 is 21.3. The second-order valence-electron chi connectivity index (χ2n) is 5.42. The van der Waals surface area contributed by atoms with Crippen LogP contribution >= 0.6 is 0 Å². The van der Waals surface area contributed by atoms with Gasteiger partial charge in [-0.15, -0.1) is 0 Å². The highest BCUT2D eigenvalue weighted by molar-refractivity contribution is 5.97. The van der Waals surface area contributed by atoms with Gasteiger partial charge in [0.2, 0.25) is 11.9 Å². The average Bonchev–Trinajstić information content (AvgIpc) is 3.05. The first-order valence-electron chi connectivity index (χ1n) is 7.59. The molecular formula is C17H18O6. The predicted molar refractivity (Wildman–Crippen MR) is 80.9 cm³/mol. The van der Waals surface area contributed by atoms with Crippen molar-refractivity contribution < 1.29 is 28.2 Å². The molecule has 0 unspecified atom stereocenters. The van der Waals surface area contributed by atoms with Crippen LogP contribution in [-0.4, -0.2) is 30.8 Å². The van der Waals surface area contributed by atoms with Gasteiger partial charge in [0.1, 0.15) is 11.7 Å². The number of ether oxygens (including phenoxy) is 3. The van der Waals surface area contributed by atoms with E-state index in [0.29, 0.717) is 24.2 Å². The van der Waals surface area contributed by atoms with Crippen LogP contribution in [0.2, 0.25) is 0 Å². The molecule has 0 saturated carbocycles. The summed E-state index contributed by atoms with van der Waals surface area (Å²) in [6, 6.07) is 7.31. The van der Waals surface area contributed by atoms with E-state index in [1.165, 1.54) is 0 Å². The number of hydrogen-bond donors (Lipinski definition) is 0. The summed E-state index contributed by atoms with van der Waals surface area (Å²) in [4.78, 5) is 24.1. The van der Waals surface area contributed by atoms with Crippen molar-refractivity contribution in [3.63, 3.8) is 0 Å². The van der Waals surface area contributed by atoms with Crippen LogP contribution in [0.25, 0.3) is 11.0 Å². The smallest absolute Gasteiger partial charge is 0.375 e. The van der Waals surface area contributed by atoms with E-state index in [9.17, 15) is 9.59 Å². The quantitative estimate of drug-likeness (QED) is 0.789. The van der Waals surface area contributed by atoms with E-state index >= 15 is 0 Å². The maximum absolute atomic E-state index is 12.4. The monoisotopic (exact) mass is 318 g/mol. The van der Waals surface area contributed by atoms with Gasteiger partial charge in [0, 0.05) is 24.0 Å². The van der Waals surface area contributed by atoms with Gasteiger partial charge < -0.3 is 18.6 Å². The molecule has 122 valence electrons. The SMILES string of the molecule is CCOCc1c(C(=O)O[C@H]2C[C@@H](C)OC2=O)oc2ccccc12. The highest BCUT2D eigenvalue weighted by Crippen LogP contribution is 2.28. The van der Waals surface area contributed by atoms with Crippen LogP contribution in [0.5, 0.6) is 0 Å². The molecule has 2 aromatic rings. The zero-order chi connectivity index (χ0) is 16.4. The molecule has 0 amide bonds. The molecule has 23 heavy (non-hydrogen) atoms. The van der Waals surface area contributed by atoms with Gasteiger partial charge in [0.25, 0.3) is 0 Å². The fourth-order valence-corrected chi connectivity index (χ4v) is 2.61. The van der Waals surface area contributed by atoms with Crippen molar-refractivity contribution in [2.24, 2.45) is 0 Å². The van der Waals surface area contributed by atoms with Crippen LogP contribution in [0.1, 0.15) is 36.4 Å². The Kier molecular flexibility index (Phi) is 4.34. The zero-order valence-electron chi connectivity index (χ0n) is 13.0. The number of carbonyl (C=O) groups excluding carboxylic acids is 2. The van der Waals surface area contributed by atoms with Crippen LogP contribution in [-0.2, 0) is 25.6 Å². The third-order valence-electron chi connectivity index (χ3n) is 3.71. The Morgan fingerprint density at radius 1 is 1.35 bits per heavy atom. The standard InChI is InChI=1S/C17H18O6/c1-3-20-9-12-11-6-4-5-7-13(11)22-15(12)17(19)23-14-8-10(2)21-16(14)18/h4-7,10,14H,3,8-9H2,1-2H3/t10-,14+/m1/s1. The summed E-state index contributed by atoms with van der Waals surface area (Å²) >= 11 is 0. The fraction of sp³-hybridized carbons (Fsp3) is 0.412. The Bertz CT molecular complexity index is 732. The predicted octanol–water partition coefficient (Wildman–Crippen LogP) is 2.83. The number of rotatable bonds is 5. The molecule has 6 nitrogen and oxygen atoms in total. The molecule has 0 radical (unpaired) electrons. The van der Waals surface area contributed by atoms with Crippen molar-refractivity contribution in [2.75, 3.05) is 6.61 Å². The Labute approximate surface area is 133 Å². The molecule has 0 spiro atoms. The molecule has 1 aliphatic heterocycles. The first-order valence-corrected chi connectivity index (χ1v) is 7.59. The summed E-state index contributed by atoms with van der Waals surface area (Å²) in [5, 5.41) is 0.801. The molecule has 3 rings (SSSR count). The Balaban J connectivity index is 1.88. The molecule has 0 N–H and O–H groups in total. The number of hydrogen-bond acceptors (Lipinski definition) is 6. The molecule has 0 bridgehead atoms. The van der Waals surface area contributed by atoms with Crippen molar-refractivity contribution in [3.05, 3.63) is 35.6 Å². The topological polar surface area (TPSA) is 75.0 Å². The van der Waals surface area contributed by atoms with E-state index in [4.69, 9.17) is 18.6 Å². The lowest BCUT2D eigenvalue weighted by atomic mass is 10.1. The third-order valence-corrected chi connectivity index (χ3v) is 3.71. The van der Waals surface area contributed by atoms with Crippen molar-refractivity contribution in [1.29, 1.82) is 0 Å². The molecule has 1 aromatic heterocycles. The van der Waals surface area contributed by atoms with E-state index in [-0.39, 0.29) is 18.5 Å². The highest BCUT2D eigenvalue weighted by Gasteiger charge is 2.36. The molecule has 1 aromatic carbocycles. The zero-order valence-corrected chi connectivity index (χ0v) is 13.0. The number of carbonyl (C=O) groups is 2. The second kappa shape index (κ2) is 6.42. The van der Waals surface area contributed by atoms with Gasteiger partial charge >= 0.3 is 11.9 Å². The summed E-state index contributed by atoms with van der Waals surface area (Å²) in [6.07, 6.45) is -0.782. The second-order valence-corrected chi connectivity index (χ2v) is 5.42. The lowest BCUT2D eigenvalue weighted by Crippen LogP contribution is -2.23. The number of benzene rings is 1. The van der Waals surface area contributed by atoms with Crippen LogP contribution in [0.3, 0.4) is 0 Å². The molecule has 1 aliphatic rings. The maximum atomic E-state index is 12.4. The van der Waals surface area contributed by atoms with Gasteiger partial charge in [-0.05, 0) is 19.9 Å². The highest BCUT2D eigenvalue weighted by atomic mass is 16.6. The van der Waals surface area contributed by atoms with Crippen molar-refractivity contribution in [3.8, 4) is 0 Å². The fourth-order valence-electron chi connectivity index (χ4n) is 2.61. The number of esters is 2. The summed E-state index contributed by atoms with van der Waals surface area (Å²) in [5.74, 6) is -1.12. The molecular weight excluding hydrogens is 300 g/mol. The minimum atomic E-state index is -0.884. The minimum absolute atomic E-state index is 0.0759. The molecule has 6 heteroatoms. The first-order chi connectivity index (χ1) is 11.1. The van der Waals surface area contributed by atoms with Gasteiger partial charge in [-0.2, -0.15) is 0 Å². The number of para-hydroxylation sites is 1. The number of furan rings is 1. The summed E-state index contributed by atoms with van der Waals surface area (Å²) in [5.41, 5.74) is 1.21. The molecule has 1 saturated heterocycles. The van der Waals surface area contributed by atoms with E-state index < -0.39 is 18.0 Å². The molecule has 0 aliphatic carbocycles. The van der Waals surface area contributed by atoms with Gasteiger partial charge in [0.05, 0.1) is 6.61 Å². The van der Waals surface area contributed by atoms with E-state index in [1.54, 1.807) is 13.0 Å². The number of fused-ring (bicyclic) bond motifs is 1. The van der Waals surface area contributed by atoms with Crippen LogP contribution < -0.4 is 0 Å². The van der Waals surface area contributed by atoms with Crippen molar-refractivity contribution >= 4 is 22.9 Å². The lowest BCUT2D eigenvalue weighted by molar-refractivity contribution is -0.147. The molecule has 1 fully saturated rings. The lowest BCUT2D eigenvalue weighted by Gasteiger charge is -2.08. The first kappa shape index (κ1) is 15.6. The van der Waals surface area contributed by atoms with Crippen molar-refractivity contribution in [1.82, 2.24) is 0 Å². The average molecular weight is 318 g/mol. The van der Waals surface area contributed by atoms with Crippen LogP contribution in [0.4, 0.5) is 0 Å². The van der Waals surface area contributed by atoms with Gasteiger partial charge in [0.15, 0.2) is 0 Å². The Hall–Kier alpha value is -2.34. The van der Waals surface area contributed by atoms with E-state index in [2.05, 4.69) is 0 Å². The van der Waals surface area contributed by atoms with Gasteiger partial charge in [-0.25, -0.2) is 9.59 Å². The Morgan fingerprint density at radius 3 is 2.83 bits per heavy atom. The van der Waals surface area contributed by atoms with Crippen LogP contribution in [0.15, 0.2) is 28.7 Å². The Morgan fingerprint density at radius 2 is 2.13 bits per heavy atom. The third kappa shape index (κ3) is 3.07. The minimum Gasteiger partial charge on any atom is -0.460 e. The van der Waals surface area contributed by atoms with E-state index in [1.807, 2.05) is 25.1 Å². The van der Waals surface area contributed by atoms with Crippen molar-refractivity contribution in [2.45, 2.75) is 39.1 Å². The van der Waals surface area contributed by atoms with E-state index in [0.717, 1.165) is 5.39 Å².